The van der Waals surface area contributed by atoms with Gasteiger partial charge in [-0.1, -0.05) is 48.0 Å². The highest BCUT2D eigenvalue weighted by Gasteiger charge is 2.32. The Morgan fingerprint density at radius 1 is 1.12 bits per heavy atom. The lowest BCUT2D eigenvalue weighted by molar-refractivity contribution is 0.139. The van der Waals surface area contributed by atoms with E-state index >= 15 is 0 Å². The van der Waals surface area contributed by atoms with Gasteiger partial charge in [-0.05, 0) is 43.1 Å². The Hall–Kier alpha value is -0.0400. The molecule has 1 heteroatoms. The topological polar surface area (TPSA) is 12.0 Å². The van der Waals surface area contributed by atoms with E-state index in [-0.39, 0.29) is 0 Å². The van der Waals surface area contributed by atoms with Gasteiger partial charge in [-0.2, -0.15) is 0 Å². The van der Waals surface area contributed by atoms with Crippen LogP contribution in [-0.2, 0) is 0 Å². The Kier molecular flexibility index (Phi) is 6.62. The summed E-state index contributed by atoms with van der Waals surface area (Å²) in [6.07, 6.45) is 5.33. The number of nitrogens with one attached hydrogen (secondary N) is 1. The molecule has 1 N–H and O–H groups in total. The number of hydrogen-bond acceptors (Lipinski definition) is 1. The molecule has 0 saturated heterocycles. The summed E-state index contributed by atoms with van der Waals surface area (Å²) < 4.78 is 0. The third-order valence-electron chi connectivity index (χ3n) is 3.46. The molecule has 0 aromatic carbocycles. The van der Waals surface area contributed by atoms with Crippen molar-refractivity contribution in [2.75, 3.05) is 13.6 Å². The maximum atomic E-state index is 3.41. The van der Waals surface area contributed by atoms with Gasteiger partial charge in [-0.15, -0.1) is 0 Å². The fourth-order valence-electron chi connectivity index (χ4n) is 2.76. The van der Waals surface area contributed by atoms with Gasteiger partial charge in [-0.3, -0.25) is 0 Å². The standard InChI is InChI=1S/C15H33N/c1-8-15(12-16-7,10-9-13(2)3)11-14(4,5)6/h13,16H,8-12H2,1-7H3. The first-order chi connectivity index (χ1) is 7.24. The van der Waals surface area contributed by atoms with Gasteiger partial charge in [0.15, 0.2) is 0 Å². The van der Waals surface area contributed by atoms with Crippen LogP contribution in [0.5, 0.6) is 0 Å². The highest BCUT2D eigenvalue weighted by atomic mass is 14.8. The average Bonchev–Trinajstić information content (AvgIpc) is 2.12. The summed E-state index contributed by atoms with van der Waals surface area (Å²) in [6.45, 7) is 15.3. The first-order valence-electron chi connectivity index (χ1n) is 6.89. The number of rotatable bonds is 7. The van der Waals surface area contributed by atoms with E-state index in [9.17, 15) is 0 Å². The molecule has 0 radical (unpaired) electrons. The van der Waals surface area contributed by atoms with E-state index in [1.54, 1.807) is 0 Å². The van der Waals surface area contributed by atoms with Crippen LogP contribution in [0.4, 0.5) is 0 Å². The van der Waals surface area contributed by atoms with E-state index in [2.05, 4.69) is 53.9 Å². The first-order valence-corrected chi connectivity index (χ1v) is 6.89. The van der Waals surface area contributed by atoms with Crippen molar-refractivity contribution in [2.24, 2.45) is 16.7 Å². The molecule has 0 rings (SSSR count). The monoisotopic (exact) mass is 227 g/mol. The molecule has 0 aromatic rings. The van der Waals surface area contributed by atoms with Crippen molar-refractivity contribution in [2.45, 2.75) is 67.2 Å². The predicted molar refractivity (Wildman–Crippen MR) is 74.8 cm³/mol. The number of hydrogen-bond donors (Lipinski definition) is 1. The Labute approximate surface area is 103 Å². The van der Waals surface area contributed by atoms with Crippen LogP contribution in [0, 0.1) is 16.7 Å². The van der Waals surface area contributed by atoms with Crippen molar-refractivity contribution < 1.29 is 0 Å². The van der Waals surface area contributed by atoms with E-state index in [0.29, 0.717) is 10.8 Å². The molecular weight excluding hydrogens is 194 g/mol. The van der Waals surface area contributed by atoms with Crippen LogP contribution >= 0.6 is 0 Å². The van der Waals surface area contributed by atoms with Crippen molar-refractivity contribution in [1.82, 2.24) is 5.32 Å². The molecule has 0 amide bonds. The molecule has 1 nitrogen and oxygen atoms in total. The zero-order valence-electron chi connectivity index (χ0n) is 12.6. The van der Waals surface area contributed by atoms with Crippen molar-refractivity contribution >= 4 is 0 Å². The molecule has 0 saturated carbocycles. The maximum absolute atomic E-state index is 3.41. The minimum absolute atomic E-state index is 0.434. The second-order valence-corrected chi connectivity index (χ2v) is 7.05. The smallest absolute Gasteiger partial charge is 0.000490 e. The Balaban J connectivity index is 4.57. The molecule has 98 valence electrons. The van der Waals surface area contributed by atoms with E-state index in [1.165, 1.54) is 25.7 Å². The highest BCUT2D eigenvalue weighted by molar-refractivity contribution is 4.85. The van der Waals surface area contributed by atoms with Gasteiger partial charge in [-0.25, -0.2) is 0 Å². The minimum atomic E-state index is 0.434. The summed E-state index contributed by atoms with van der Waals surface area (Å²) in [5.74, 6) is 0.822. The van der Waals surface area contributed by atoms with E-state index in [0.717, 1.165) is 12.5 Å². The lowest BCUT2D eigenvalue weighted by atomic mass is 9.69. The lowest BCUT2D eigenvalue weighted by Crippen LogP contribution is -2.36. The van der Waals surface area contributed by atoms with Gasteiger partial charge in [0.05, 0.1) is 0 Å². The first kappa shape index (κ1) is 16.0. The fraction of sp³-hybridized carbons (Fsp3) is 1.00. The molecule has 0 aliphatic heterocycles. The quantitative estimate of drug-likeness (QED) is 0.676. The Morgan fingerprint density at radius 3 is 2.00 bits per heavy atom. The Morgan fingerprint density at radius 2 is 1.69 bits per heavy atom. The molecule has 0 bridgehead atoms. The van der Waals surface area contributed by atoms with Crippen LogP contribution in [0.25, 0.3) is 0 Å². The lowest BCUT2D eigenvalue weighted by Gasteiger charge is -2.39. The van der Waals surface area contributed by atoms with Crippen LogP contribution in [0.1, 0.15) is 67.2 Å². The summed E-state index contributed by atoms with van der Waals surface area (Å²) >= 11 is 0. The molecule has 0 aliphatic rings. The van der Waals surface area contributed by atoms with Gasteiger partial charge in [0, 0.05) is 6.54 Å². The molecule has 16 heavy (non-hydrogen) atoms. The van der Waals surface area contributed by atoms with Crippen molar-refractivity contribution in [3.8, 4) is 0 Å². The molecule has 0 spiro atoms. The second kappa shape index (κ2) is 6.64. The van der Waals surface area contributed by atoms with Crippen molar-refractivity contribution in [1.29, 1.82) is 0 Å². The van der Waals surface area contributed by atoms with Crippen LogP contribution in [-0.4, -0.2) is 13.6 Å². The third-order valence-corrected chi connectivity index (χ3v) is 3.46. The van der Waals surface area contributed by atoms with Gasteiger partial charge in [0.25, 0.3) is 0 Å². The SMILES string of the molecule is CCC(CCC(C)C)(CNC)CC(C)(C)C. The maximum Gasteiger partial charge on any atom is 0.000490 e. The predicted octanol–water partition coefficient (Wildman–Crippen LogP) is 4.47. The highest BCUT2D eigenvalue weighted by Crippen LogP contribution is 2.40. The van der Waals surface area contributed by atoms with Gasteiger partial charge >= 0.3 is 0 Å². The Bertz CT molecular complexity index is 178. The average molecular weight is 227 g/mol. The van der Waals surface area contributed by atoms with E-state index < -0.39 is 0 Å². The summed E-state index contributed by atoms with van der Waals surface area (Å²) in [5.41, 5.74) is 0.932. The van der Waals surface area contributed by atoms with Gasteiger partial charge in [0.1, 0.15) is 0 Å². The van der Waals surface area contributed by atoms with E-state index in [1.807, 2.05) is 0 Å². The molecule has 0 aliphatic carbocycles. The fourth-order valence-corrected chi connectivity index (χ4v) is 2.76. The largest absolute Gasteiger partial charge is 0.319 e. The molecule has 1 atom stereocenters. The van der Waals surface area contributed by atoms with Crippen molar-refractivity contribution in [3.05, 3.63) is 0 Å². The second-order valence-electron chi connectivity index (χ2n) is 7.05. The molecular formula is C15H33N. The van der Waals surface area contributed by atoms with Gasteiger partial charge in [0.2, 0.25) is 0 Å². The van der Waals surface area contributed by atoms with Gasteiger partial charge < -0.3 is 5.32 Å². The molecule has 1 unspecified atom stereocenters. The zero-order valence-corrected chi connectivity index (χ0v) is 12.6. The summed E-state index contributed by atoms with van der Waals surface area (Å²) in [6, 6.07) is 0. The minimum Gasteiger partial charge on any atom is -0.319 e. The van der Waals surface area contributed by atoms with Crippen LogP contribution in [0.3, 0.4) is 0 Å². The summed E-state index contributed by atoms with van der Waals surface area (Å²) in [5, 5.41) is 3.41. The summed E-state index contributed by atoms with van der Waals surface area (Å²) in [7, 11) is 2.09. The molecule has 0 fully saturated rings. The van der Waals surface area contributed by atoms with E-state index in [4.69, 9.17) is 0 Å². The molecule has 0 heterocycles. The van der Waals surface area contributed by atoms with Crippen molar-refractivity contribution in [3.63, 3.8) is 0 Å². The normalized spacial score (nSPS) is 16.5. The van der Waals surface area contributed by atoms with Crippen LogP contribution in [0.15, 0.2) is 0 Å². The third kappa shape index (κ3) is 6.52. The van der Waals surface area contributed by atoms with Crippen LogP contribution in [0.2, 0.25) is 0 Å². The molecule has 0 aromatic heterocycles. The van der Waals surface area contributed by atoms with Crippen LogP contribution < -0.4 is 5.32 Å². The zero-order chi connectivity index (χ0) is 12.8. The summed E-state index contributed by atoms with van der Waals surface area (Å²) in [4.78, 5) is 0.